The maximum Gasteiger partial charge on any atom is 0.328 e. The molecule has 1 N–H and O–H groups in total. The van der Waals surface area contributed by atoms with Gasteiger partial charge in [-0.15, -0.1) is 11.6 Å². The molecule has 1 aromatic rings. The summed E-state index contributed by atoms with van der Waals surface area (Å²) < 4.78 is 9.65. The van der Waals surface area contributed by atoms with Crippen LogP contribution in [0.25, 0.3) is 0 Å². The lowest BCUT2D eigenvalue weighted by Gasteiger charge is -2.13. The first-order chi connectivity index (χ1) is 8.49. The summed E-state index contributed by atoms with van der Waals surface area (Å²) in [7, 11) is 2.74. The quantitative estimate of drug-likeness (QED) is 0.673. The van der Waals surface area contributed by atoms with Crippen LogP contribution in [0.15, 0.2) is 18.2 Å². The monoisotopic (exact) mass is 271 g/mol. The predicted octanol–water partition coefficient (Wildman–Crippen LogP) is 2.11. The van der Waals surface area contributed by atoms with Crippen molar-refractivity contribution in [3.63, 3.8) is 0 Å². The summed E-state index contributed by atoms with van der Waals surface area (Å²) in [4.78, 5) is 22.4. The third-order valence-corrected chi connectivity index (χ3v) is 2.67. The molecule has 0 bridgehead atoms. The largest absolute Gasteiger partial charge is 0.495 e. The lowest BCUT2D eigenvalue weighted by molar-refractivity contribution is -0.140. The molecule has 0 aliphatic carbocycles. The van der Waals surface area contributed by atoms with Crippen LogP contribution in [-0.2, 0) is 14.3 Å². The first-order valence-corrected chi connectivity index (χ1v) is 5.60. The second-order valence-corrected chi connectivity index (χ2v) is 3.96. The molecule has 1 aromatic carbocycles. The highest BCUT2D eigenvalue weighted by atomic mass is 35.5. The number of carbonyl (C=O) groups is 2. The zero-order chi connectivity index (χ0) is 13.7. The average Bonchev–Trinajstić information content (AvgIpc) is 2.36. The molecular weight excluding hydrogens is 258 g/mol. The van der Waals surface area contributed by atoms with Crippen LogP contribution in [0.5, 0.6) is 5.75 Å². The van der Waals surface area contributed by atoms with Gasteiger partial charge in [0.15, 0.2) is 5.38 Å². The van der Waals surface area contributed by atoms with Gasteiger partial charge in [-0.1, -0.05) is 6.07 Å². The molecule has 0 saturated heterocycles. The Morgan fingerprint density at radius 1 is 1.33 bits per heavy atom. The lowest BCUT2D eigenvalue weighted by Crippen LogP contribution is -2.11. The smallest absolute Gasteiger partial charge is 0.328 e. The van der Waals surface area contributed by atoms with E-state index in [9.17, 15) is 9.59 Å². The molecule has 0 aliphatic heterocycles. The molecule has 1 amide bonds. The normalized spacial score (nSPS) is 11.6. The number of nitrogens with one attached hydrogen (secondary N) is 1. The van der Waals surface area contributed by atoms with Crippen molar-refractivity contribution in [2.24, 2.45) is 0 Å². The minimum atomic E-state index is -0.923. The number of alkyl halides is 1. The van der Waals surface area contributed by atoms with Crippen molar-refractivity contribution < 1.29 is 19.1 Å². The fourth-order valence-corrected chi connectivity index (χ4v) is 1.63. The van der Waals surface area contributed by atoms with E-state index in [1.807, 2.05) is 0 Å². The van der Waals surface area contributed by atoms with Crippen molar-refractivity contribution in [2.75, 3.05) is 19.5 Å². The van der Waals surface area contributed by atoms with Gasteiger partial charge in [0.2, 0.25) is 5.91 Å². The Bertz CT molecular complexity index is 461. The van der Waals surface area contributed by atoms with E-state index in [0.717, 1.165) is 0 Å². The van der Waals surface area contributed by atoms with Gasteiger partial charge in [0.25, 0.3) is 0 Å². The van der Waals surface area contributed by atoms with Gasteiger partial charge < -0.3 is 14.8 Å². The van der Waals surface area contributed by atoms with Gasteiger partial charge in [-0.25, -0.2) is 0 Å². The third-order valence-electron chi connectivity index (χ3n) is 2.24. The summed E-state index contributed by atoms with van der Waals surface area (Å²) in [5.41, 5.74) is 0.977. The Morgan fingerprint density at radius 2 is 2.00 bits per heavy atom. The van der Waals surface area contributed by atoms with Gasteiger partial charge >= 0.3 is 5.97 Å². The van der Waals surface area contributed by atoms with E-state index in [2.05, 4.69) is 10.1 Å². The predicted molar refractivity (Wildman–Crippen MR) is 67.9 cm³/mol. The van der Waals surface area contributed by atoms with E-state index < -0.39 is 11.3 Å². The summed E-state index contributed by atoms with van der Waals surface area (Å²) in [5, 5.41) is 1.68. The lowest BCUT2D eigenvalue weighted by atomic mass is 10.1. The molecule has 0 fully saturated rings. The van der Waals surface area contributed by atoms with Gasteiger partial charge in [0.05, 0.1) is 19.9 Å². The number of hydrogen-bond acceptors (Lipinski definition) is 4. The van der Waals surface area contributed by atoms with E-state index in [-0.39, 0.29) is 5.91 Å². The van der Waals surface area contributed by atoms with Gasteiger partial charge in [0.1, 0.15) is 5.75 Å². The van der Waals surface area contributed by atoms with Gasteiger partial charge in [0, 0.05) is 6.92 Å². The molecule has 1 atom stereocenters. The number of rotatable bonds is 4. The standard InChI is InChI=1S/C12H14ClNO4/c1-7(15)14-9-6-8(4-5-10(9)17-2)11(13)12(16)18-3/h4-6,11H,1-3H3,(H,14,15). The van der Waals surface area contributed by atoms with E-state index in [4.69, 9.17) is 16.3 Å². The number of methoxy groups -OCH3 is 2. The maximum absolute atomic E-state index is 11.3. The Kier molecular flexibility index (Phi) is 4.97. The maximum atomic E-state index is 11.3. The molecule has 0 aromatic heterocycles. The molecule has 0 spiro atoms. The Morgan fingerprint density at radius 3 is 2.50 bits per heavy atom. The fourth-order valence-electron chi connectivity index (χ4n) is 1.41. The summed E-state index contributed by atoms with van der Waals surface area (Å²) in [6.07, 6.45) is 0. The van der Waals surface area contributed by atoms with Crippen molar-refractivity contribution in [1.82, 2.24) is 0 Å². The summed E-state index contributed by atoms with van der Waals surface area (Å²) in [6, 6.07) is 4.84. The average molecular weight is 272 g/mol. The molecule has 1 unspecified atom stereocenters. The molecule has 98 valence electrons. The number of hydrogen-bond donors (Lipinski definition) is 1. The highest BCUT2D eigenvalue weighted by Gasteiger charge is 2.19. The van der Waals surface area contributed by atoms with E-state index >= 15 is 0 Å². The van der Waals surface area contributed by atoms with Crippen molar-refractivity contribution in [1.29, 1.82) is 0 Å². The topological polar surface area (TPSA) is 64.6 Å². The SMILES string of the molecule is COC(=O)C(Cl)c1ccc(OC)c(NC(C)=O)c1. The number of anilines is 1. The second-order valence-electron chi connectivity index (χ2n) is 3.53. The van der Waals surface area contributed by atoms with Gasteiger partial charge in [-0.05, 0) is 17.7 Å². The van der Waals surface area contributed by atoms with Gasteiger partial charge in [-0.3, -0.25) is 9.59 Å². The first kappa shape index (κ1) is 14.3. The van der Waals surface area contributed by atoms with Crippen LogP contribution in [0.2, 0.25) is 0 Å². The van der Waals surface area contributed by atoms with Crippen LogP contribution < -0.4 is 10.1 Å². The van der Waals surface area contributed by atoms with E-state index in [0.29, 0.717) is 17.0 Å². The van der Waals surface area contributed by atoms with Gasteiger partial charge in [-0.2, -0.15) is 0 Å². The first-order valence-electron chi connectivity index (χ1n) is 5.17. The van der Waals surface area contributed by atoms with Crippen molar-refractivity contribution in [2.45, 2.75) is 12.3 Å². The molecule has 5 nitrogen and oxygen atoms in total. The van der Waals surface area contributed by atoms with Crippen molar-refractivity contribution in [3.8, 4) is 5.75 Å². The van der Waals surface area contributed by atoms with Crippen LogP contribution in [0, 0.1) is 0 Å². The van der Waals surface area contributed by atoms with Crippen LogP contribution >= 0.6 is 11.6 Å². The Balaban J connectivity index is 3.09. The highest BCUT2D eigenvalue weighted by molar-refractivity contribution is 6.30. The van der Waals surface area contributed by atoms with Crippen LogP contribution in [0.4, 0.5) is 5.69 Å². The molecule has 0 heterocycles. The van der Waals surface area contributed by atoms with Crippen LogP contribution in [0.1, 0.15) is 17.9 Å². The van der Waals surface area contributed by atoms with Crippen LogP contribution in [-0.4, -0.2) is 26.1 Å². The molecular formula is C12H14ClNO4. The van der Waals surface area contributed by atoms with Crippen LogP contribution in [0.3, 0.4) is 0 Å². The number of amides is 1. The number of esters is 1. The summed E-state index contributed by atoms with van der Waals surface area (Å²) >= 11 is 5.93. The molecule has 0 radical (unpaired) electrons. The second kappa shape index (κ2) is 6.26. The molecule has 0 aliphatic rings. The van der Waals surface area contributed by atoms with Crippen molar-refractivity contribution in [3.05, 3.63) is 23.8 Å². The van der Waals surface area contributed by atoms with Crippen molar-refractivity contribution >= 4 is 29.2 Å². The number of ether oxygens (including phenoxy) is 2. The number of halogens is 1. The summed E-state index contributed by atoms with van der Waals surface area (Å²) in [6.45, 7) is 1.38. The molecule has 1 rings (SSSR count). The minimum Gasteiger partial charge on any atom is -0.495 e. The fraction of sp³-hybridized carbons (Fsp3) is 0.333. The minimum absolute atomic E-state index is 0.241. The zero-order valence-electron chi connectivity index (χ0n) is 10.3. The molecule has 18 heavy (non-hydrogen) atoms. The zero-order valence-corrected chi connectivity index (χ0v) is 11.1. The van der Waals surface area contributed by atoms with E-state index in [1.165, 1.54) is 21.1 Å². The van der Waals surface area contributed by atoms with E-state index in [1.54, 1.807) is 18.2 Å². The molecule has 0 saturated carbocycles. The third kappa shape index (κ3) is 3.37. The number of carbonyl (C=O) groups excluding carboxylic acids is 2. The summed E-state index contributed by atoms with van der Waals surface area (Å²) in [5.74, 6) is -0.312. The Labute approximate surface area is 110 Å². The number of benzene rings is 1. The Hall–Kier alpha value is -1.75. The highest BCUT2D eigenvalue weighted by Crippen LogP contribution is 2.31. The molecule has 6 heteroatoms.